The molecule has 2 aromatic rings. The van der Waals surface area contributed by atoms with Gasteiger partial charge < -0.3 is 15.2 Å². The standard InChI is InChI=1S/C24H29NO4/c1-2-3-4-16-29-18-10-8-17(9-11-18)22(26)14-15-24(28)25-21-13-12-20-19(21)6-5-7-23(20)27/h5-11,21,27H,2-4,12-16H2,1H3,(H,25,28). The van der Waals surface area contributed by atoms with Crippen LogP contribution in [0.25, 0.3) is 0 Å². The molecule has 0 aromatic heterocycles. The highest BCUT2D eigenvalue weighted by Gasteiger charge is 2.25. The molecule has 1 amide bonds. The van der Waals surface area contributed by atoms with E-state index in [1.54, 1.807) is 36.4 Å². The lowest BCUT2D eigenvalue weighted by atomic mass is 10.1. The molecule has 2 aromatic carbocycles. The van der Waals surface area contributed by atoms with E-state index in [4.69, 9.17) is 4.74 Å². The third-order valence-corrected chi connectivity index (χ3v) is 5.35. The average Bonchev–Trinajstić information content (AvgIpc) is 3.14. The highest BCUT2D eigenvalue weighted by Crippen LogP contribution is 2.36. The average molecular weight is 395 g/mol. The lowest BCUT2D eigenvalue weighted by Crippen LogP contribution is -2.27. The van der Waals surface area contributed by atoms with Crippen molar-refractivity contribution in [2.24, 2.45) is 0 Å². The summed E-state index contributed by atoms with van der Waals surface area (Å²) in [6.45, 7) is 2.83. The van der Waals surface area contributed by atoms with Gasteiger partial charge in [-0.2, -0.15) is 0 Å². The number of phenolic OH excluding ortho intramolecular Hbond substituents is 1. The van der Waals surface area contributed by atoms with Crippen LogP contribution < -0.4 is 10.1 Å². The molecule has 1 atom stereocenters. The summed E-state index contributed by atoms with van der Waals surface area (Å²) in [6, 6.07) is 12.4. The van der Waals surface area contributed by atoms with E-state index >= 15 is 0 Å². The van der Waals surface area contributed by atoms with E-state index in [9.17, 15) is 14.7 Å². The molecular weight excluding hydrogens is 366 g/mol. The summed E-state index contributed by atoms with van der Waals surface area (Å²) in [6.07, 6.45) is 5.16. The topological polar surface area (TPSA) is 75.6 Å². The van der Waals surface area contributed by atoms with Crippen LogP contribution in [0.4, 0.5) is 0 Å². The predicted octanol–water partition coefficient (Wildman–Crippen LogP) is 4.73. The number of hydrogen-bond donors (Lipinski definition) is 2. The molecule has 29 heavy (non-hydrogen) atoms. The van der Waals surface area contributed by atoms with Crippen molar-refractivity contribution in [3.05, 3.63) is 59.2 Å². The summed E-state index contributed by atoms with van der Waals surface area (Å²) in [5, 5.41) is 12.9. The van der Waals surface area contributed by atoms with E-state index in [2.05, 4.69) is 12.2 Å². The molecule has 0 radical (unpaired) electrons. The van der Waals surface area contributed by atoms with Gasteiger partial charge in [-0.1, -0.05) is 31.9 Å². The van der Waals surface area contributed by atoms with Gasteiger partial charge in [0.2, 0.25) is 5.91 Å². The third kappa shape index (κ3) is 5.59. The molecule has 3 rings (SSSR count). The molecule has 0 bridgehead atoms. The van der Waals surface area contributed by atoms with E-state index in [1.165, 1.54) is 0 Å². The molecule has 1 aliphatic rings. The Balaban J connectivity index is 1.45. The largest absolute Gasteiger partial charge is 0.508 e. The molecule has 0 saturated carbocycles. The maximum atomic E-state index is 12.4. The van der Waals surface area contributed by atoms with Crippen LogP contribution in [0.2, 0.25) is 0 Å². The number of amides is 1. The molecule has 0 fully saturated rings. The summed E-state index contributed by atoms with van der Waals surface area (Å²) < 4.78 is 5.66. The Bertz CT molecular complexity index is 844. The van der Waals surface area contributed by atoms with Crippen molar-refractivity contribution in [1.29, 1.82) is 0 Å². The molecule has 0 aliphatic heterocycles. The molecule has 0 heterocycles. The second kappa shape index (κ2) is 10.1. The number of rotatable bonds is 10. The molecule has 1 unspecified atom stereocenters. The van der Waals surface area contributed by atoms with Gasteiger partial charge >= 0.3 is 0 Å². The molecule has 1 aliphatic carbocycles. The van der Waals surface area contributed by atoms with Crippen molar-refractivity contribution in [2.45, 2.75) is 57.9 Å². The fraction of sp³-hybridized carbons (Fsp3) is 0.417. The van der Waals surface area contributed by atoms with Crippen LogP contribution in [-0.4, -0.2) is 23.4 Å². The van der Waals surface area contributed by atoms with E-state index in [-0.39, 0.29) is 36.3 Å². The molecule has 5 heteroatoms. The van der Waals surface area contributed by atoms with Crippen LogP contribution in [0.1, 0.15) is 73.0 Å². The normalized spacial score (nSPS) is 15.0. The fourth-order valence-corrected chi connectivity index (χ4v) is 3.70. The first kappa shape index (κ1) is 20.9. The Kier molecular flexibility index (Phi) is 7.28. The number of carbonyl (C=O) groups excluding carboxylic acids is 2. The van der Waals surface area contributed by atoms with Gasteiger partial charge in [-0.15, -0.1) is 0 Å². The van der Waals surface area contributed by atoms with Gasteiger partial charge in [-0.25, -0.2) is 0 Å². The van der Waals surface area contributed by atoms with E-state index in [0.717, 1.165) is 49.0 Å². The Labute approximate surface area is 172 Å². The zero-order valence-electron chi connectivity index (χ0n) is 16.9. The number of phenols is 1. The molecule has 2 N–H and O–H groups in total. The van der Waals surface area contributed by atoms with Gasteiger partial charge in [0.25, 0.3) is 0 Å². The number of benzene rings is 2. The Morgan fingerprint density at radius 2 is 1.90 bits per heavy atom. The number of aromatic hydroxyl groups is 1. The van der Waals surface area contributed by atoms with Gasteiger partial charge in [0.05, 0.1) is 12.6 Å². The van der Waals surface area contributed by atoms with Crippen molar-refractivity contribution < 1.29 is 19.4 Å². The van der Waals surface area contributed by atoms with Crippen molar-refractivity contribution in [3.8, 4) is 11.5 Å². The number of unbranched alkanes of at least 4 members (excludes halogenated alkanes) is 2. The lowest BCUT2D eigenvalue weighted by molar-refractivity contribution is -0.121. The summed E-state index contributed by atoms with van der Waals surface area (Å²) >= 11 is 0. The molecule has 5 nitrogen and oxygen atoms in total. The fourth-order valence-electron chi connectivity index (χ4n) is 3.70. The molecule has 154 valence electrons. The first-order valence-corrected chi connectivity index (χ1v) is 10.4. The van der Waals surface area contributed by atoms with Crippen LogP contribution in [0.15, 0.2) is 42.5 Å². The minimum Gasteiger partial charge on any atom is -0.508 e. The zero-order valence-corrected chi connectivity index (χ0v) is 16.9. The first-order valence-electron chi connectivity index (χ1n) is 10.4. The Hall–Kier alpha value is -2.82. The van der Waals surface area contributed by atoms with Gasteiger partial charge in [0.15, 0.2) is 5.78 Å². The molecular formula is C24H29NO4. The minimum absolute atomic E-state index is 0.0536. The number of fused-ring (bicyclic) bond motifs is 1. The number of carbonyl (C=O) groups is 2. The van der Waals surface area contributed by atoms with Crippen molar-refractivity contribution in [1.82, 2.24) is 5.32 Å². The Morgan fingerprint density at radius 1 is 1.10 bits per heavy atom. The third-order valence-electron chi connectivity index (χ3n) is 5.35. The lowest BCUT2D eigenvalue weighted by Gasteiger charge is -2.14. The summed E-state index contributed by atoms with van der Waals surface area (Å²) in [5.74, 6) is 0.850. The number of hydrogen-bond acceptors (Lipinski definition) is 4. The maximum absolute atomic E-state index is 12.4. The van der Waals surface area contributed by atoms with Crippen molar-refractivity contribution in [2.75, 3.05) is 6.61 Å². The minimum atomic E-state index is -0.143. The smallest absolute Gasteiger partial charge is 0.220 e. The van der Waals surface area contributed by atoms with Gasteiger partial charge in [0, 0.05) is 18.4 Å². The van der Waals surface area contributed by atoms with E-state index < -0.39 is 0 Å². The van der Waals surface area contributed by atoms with Crippen LogP contribution in [0.5, 0.6) is 11.5 Å². The monoisotopic (exact) mass is 395 g/mol. The van der Waals surface area contributed by atoms with E-state index in [0.29, 0.717) is 12.2 Å². The summed E-state index contributed by atoms with van der Waals surface area (Å²) in [7, 11) is 0. The number of Topliss-reactive ketones (excluding diaryl/α,β-unsaturated/α-hetero) is 1. The highest BCUT2D eigenvalue weighted by molar-refractivity contribution is 5.98. The first-order chi connectivity index (χ1) is 14.1. The SMILES string of the molecule is CCCCCOc1ccc(C(=O)CCC(=O)NC2CCc3c(O)cccc32)cc1. The number of ketones is 1. The second-order valence-electron chi connectivity index (χ2n) is 7.51. The van der Waals surface area contributed by atoms with Gasteiger partial charge in [0.1, 0.15) is 11.5 Å². The Morgan fingerprint density at radius 3 is 2.66 bits per heavy atom. The quantitative estimate of drug-likeness (QED) is 0.450. The number of ether oxygens (including phenoxy) is 1. The predicted molar refractivity (Wildman–Crippen MR) is 112 cm³/mol. The van der Waals surface area contributed by atoms with Crippen molar-refractivity contribution >= 4 is 11.7 Å². The number of nitrogens with one attached hydrogen (secondary N) is 1. The van der Waals surface area contributed by atoms with E-state index in [1.807, 2.05) is 6.07 Å². The maximum Gasteiger partial charge on any atom is 0.220 e. The second-order valence-corrected chi connectivity index (χ2v) is 7.51. The van der Waals surface area contributed by atoms with Crippen LogP contribution in [0.3, 0.4) is 0 Å². The summed E-state index contributed by atoms with van der Waals surface area (Å²) in [4.78, 5) is 24.7. The van der Waals surface area contributed by atoms with Crippen LogP contribution in [-0.2, 0) is 11.2 Å². The van der Waals surface area contributed by atoms with Gasteiger partial charge in [-0.3, -0.25) is 9.59 Å². The van der Waals surface area contributed by atoms with Gasteiger partial charge in [-0.05, 0) is 60.7 Å². The van der Waals surface area contributed by atoms with Crippen LogP contribution in [0, 0.1) is 0 Å². The molecule has 0 saturated heterocycles. The van der Waals surface area contributed by atoms with Crippen molar-refractivity contribution in [3.63, 3.8) is 0 Å². The highest BCUT2D eigenvalue weighted by atomic mass is 16.5. The zero-order chi connectivity index (χ0) is 20.6. The van der Waals surface area contributed by atoms with Crippen LogP contribution >= 0.6 is 0 Å². The molecule has 0 spiro atoms. The summed E-state index contributed by atoms with van der Waals surface area (Å²) in [5.41, 5.74) is 2.47.